The molecule has 0 atom stereocenters. The molecular formula is C17H18ClNO3. The van der Waals surface area contributed by atoms with Crippen LogP contribution in [-0.4, -0.2) is 19.1 Å². The van der Waals surface area contributed by atoms with Crippen LogP contribution in [0.5, 0.6) is 11.5 Å². The molecule has 2 aromatic rings. The first-order valence-electron chi connectivity index (χ1n) is 7.10. The topological polar surface area (TPSA) is 47.6 Å². The number of halogens is 1. The number of rotatable bonds is 6. The standard InChI is InChI=1S/C17H18ClNO3/c1-3-21-14-8-6-13(7-9-14)19-17(20)15-11-12(18)5-10-16(15)22-4-2/h5-11H,3-4H2,1-2H3,(H,19,20). The molecule has 0 radical (unpaired) electrons. The first-order chi connectivity index (χ1) is 10.6. The summed E-state index contributed by atoms with van der Waals surface area (Å²) in [4.78, 5) is 12.4. The summed E-state index contributed by atoms with van der Waals surface area (Å²) < 4.78 is 10.8. The van der Waals surface area contributed by atoms with Crippen molar-refractivity contribution in [2.24, 2.45) is 0 Å². The van der Waals surface area contributed by atoms with Crippen LogP contribution < -0.4 is 14.8 Å². The number of ether oxygens (including phenoxy) is 2. The van der Waals surface area contributed by atoms with Crippen molar-refractivity contribution in [2.45, 2.75) is 13.8 Å². The van der Waals surface area contributed by atoms with Crippen LogP contribution in [-0.2, 0) is 0 Å². The largest absolute Gasteiger partial charge is 0.494 e. The molecule has 0 unspecified atom stereocenters. The van der Waals surface area contributed by atoms with E-state index in [2.05, 4.69) is 5.32 Å². The zero-order valence-corrected chi connectivity index (χ0v) is 13.3. The van der Waals surface area contributed by atoms with Gasteiger partial charge in [-0.25, -0.2) is 0 Å². The molecule has 116 valence electrons. The van der Waals surface area contributed by atoms with E-state index in [1.807, 2.05) is 13.8 Å². The van der Waals surface area contributed by atoms with Crippen LogP contribution >= 0.6 is 11.6 Å². The molecule has 0 aliphatic rings. The Morgan fingerprint density at radius 2 is 1.73 bits per heavy atom. The molecule has 1 amide bonds. The van der Waals surface area contributed by atoms with Crippen LogP contribution in [0.15, 0.2) is 42.5 Å². The van der Waals surface area contributed by atoms with Crippen molar-refractivity contribution in [3.8, 4) is 11.5 Å². The van der Waals surface area contributed by atoms with E-state index in [-0.39, 0.29) is 5.91 Å². The SMILES string of the molecule is CCOc1ccc(NC(=O)c2cc(Cl)ccc2OCC)cc1. The number of anilines is 1. The van der Waals surface area contributed by atoms with Gasteiger partial charge in [-0.1, -0.05) is 11.6 Å². The summed E-state index contributed by atoms with van der Waals surface area (Å²) in [6, 6.07) is 12.2. The summed E-state index contributed by atoms with van der Waals surface area (Å²) >= 11 is 5.97. The Morgan fingerprint density at radius 1 is 1.05 bits per heavy atom. The molecule has 0 aliphatic heterocycles. The lowest BCUT2D eigenvalue weighted by molar-refractivity contribution is 0.102. The van der Waals surface area contributed by atoms with E-state index in [0.717, 1.165) is 5.75 Å². The maximum Gasteiger partial charge on any atom is 0.259 e. The van der Waals surface area contributed by atoms with Crippen molar-refractivity contribution in [3.63, 3.8) is 0 Å². The molecule has 2 aromatic carbocycles. The molecule has 0 fully saturated rings. The number of hydrogen-bond donors (Lipinski definition) is 1. The fraction of sp³-hybridized carbons (Fsp3) is 0.235. The van der Waals surface area contributed by atoms with Crippen molar-refractivity contribution >= 4 is 23.2 Å². The Kier molecular flexibility index (Phi) is 5.67. The van der Waals surface area contributed by atoms with Gasteiger partial charge >= 0.3 is 0 Å². The number of carbonyl (C=O) groups is 1. The minimum Gasteiger partial charge on any atom is -0.494 e. The molecule has 4 nitrogen and oxygen atoms in total. The fourth-order valence-electron chi connectivity index (χ4n) is 1.96. The van der Waals surface area contributed by atoms with Gasteiger partial charge in [0.1, 0.15) is 11.5 Å². The summed E-state index contributed by atoms with van der Waals surface area (Å²) in [6.07, 6.45) is 0. The summed E-state index contributed by atoms with van der Waals surface area (Å²) in [7, 11) is 0. The van der Waals surface area contributed by atoms with Gasteiger partial charge in [-0.3, -0.25) is 4.79 Å². The monoisotopic (exact) mass is 319 g/mol. The summed E-state index contributed by atoms with van der Waals surface area (Å²) in [5.41, 5.74) is 1.08. The van der Waals surface area contributed by atoms with E-state index < -0.39 is 0 Å². The average Bonchev–Trinajstić information content (AvgIpc) is 2.51. The predicted octanol–water partition coefficient (Wildman–Crippen LogP) is 4.39. The van der Waals surface area contributed by atoms with E-state index in [0.29, 0.717) is 35.2 Å². The highest BCUT2D eigenvalue weighted by Gasteiger charge is 2.13. The molecule has 2 rings (SSSR count). The van der Waals surface area contributed by atoms with E-state index in [1.54, 1.807) is 42.5 Å². The zero-order valence-electron chi connectivity index (χ0n) is 12.6. The van der Waals surface area contributed by atoms with Crippen LogP contribution in [0.1, 0.15) is 24.2 Å². The van der Waals surface area contributed by atoms with Crippen molar-refractivity contribution in [1.82, 2.24) is 0 Å². The number of nitrogens with one attached hydrogen (secondary N) is 1. The highest BCUT2D eigenvalue weighted by Crippen LogP contribution is 2.24. The maximum absolute atomic E-state index is 12.4. The zero-order chi connectivity index (χ0) is 15.9. The molecule has 0 heterocycles. The van der Waals surface area contributed by atoms with Crippen LogP contribution in [0.3, 0.4) is 0 Å². The average molecular weight is 320 g/mol. The van der Waals surface area contributed by atoms with Gasteiger partial charge in [-0.2, -0.15) is 0 Å². The predicted molar refractivity (Wildman–Crippen MR) is 88.2 cm³/mol. The Bertz CT molecular complexity index is 641. The second-order valence-corrected chi connectivity index (χ2v) is 4.92. The Hall–Kier alpha value is -2.20. The van der Waals surface area contributed by atoms with Crippen LogP contribution in [0.2, 0.25) is 5.02 Å². The molecule has 5 heteroatoms. The Labute approximate surface area is 135 Å². The molecule has 0 aromatic heterocycles. The summed E-state index contributed by atoms with van der Waals surface area (Å²) in [6.45, 7) is 4.86. The molecule has 0 saturated heterocycles. The van der Waals surface area contributed by atoms with Crippen LogP contribution in [0.25, 0.3) is 0 Å². The van der Waals surface area contributed by atoms with Gasteiger partial charge in [0.25, 0.3) is 5.91 Å². The van der Waals surface area contributed by atoms with E-state index in [9.17, 15) is 4.79 Å². The highest BCUT2D eigenvalue weighted by atomic mass is 35.5. The fourth-order valence-corrected chi connectivity index (χ4v) is 2.13. The number of hydrogen-bond acceptors (Lipinski definition) is 3. The van der Waals surface area contributed by atoms with Gasteiger partial charge in [-0.15, -0.1) is 0 Å². The third-order valence-electron chi connectivity index (χ3n) is 2.91. The minimum atomic E-state index is -0.268. The molecule has 0 aliphatic carbocycles. The number of amides is 1. The van der Waals surface area contributed by atoms with Gasteiger partial charge < -0.3 is 14.8 Å². The highest BCUT2D eigenvalue weighted by molar-refractivity contribution is 6.31. The smallest absolute Gasteiger partial charge is 0.259 e. The molecular weight excluding hydrogens is 302 g/mol. The quantitative estimate of drug-likeness (QED) is 0.859. The van der Waals surface area contributed by atoms with Gasteiger partial charge in [0, 0.05) is 10.7 Å². The van der Waals surface area contributed by atoms with Crippen molar-refractivity contribution in [1.29, 1.82) is 0 Å². The first-order valence-corrected chi connectivity index (χ1v) is 7.48. The van der Waals surface area contributed by atoms with E-state index >= 15 is 0 Å². The first kappa shape index (κ1) is 16.2. The normalized spacial score (nSPS) is 10.1. The molecule has 0 bridgehead atoms. The van der Waals surface area contributed by atoms with E-state index in [1.165, 1.54) is 0 Å². The summed E-state index contributed by atoms with van der Waals surface area (Å²) in [5, 5.41) is 3.31. The maximum atomic E-state index is 12.4. The lowest BCUT2D eigenvalue weighted by atomic mass is 10.1. The molecule has 1 N–H and O–H groups in total. The van der Waals surface area contributed by atoms with Gasteiger partial charge in [0.2, 0.25) is 0 Å². The molecule has 0 spiro atoms. The molecule has 0 saturated carbocycles. The number of benzene rings is 2. The van der Waals surface area contributed by atoms with Gasteiger partial charge in [-0.05, 0) is 56.3 Å². The lowest BCUT2D eigenvalue weighted by Gasteiger charge is -2.11. The third kappa shape index (κ3) is 4.15. The lowest BCUT2D eigenvalue weighted by Crippen LogP contribution is -2.13. The third-order valence-corrected chi connectivity index (χ3v) is 3.14. The number of carbonyl (C=O) groups excluding carboxylic acids is 1. The Morgan fingerprint density at radius 3 is 2.36 bits per heavy atom. The van der Waals surface area contributed by atoms with Crippen LogP contribution in [0.4, 0.5) is 5.69 Å². The van der Waals surface area contributed by atoms with Crippen molar-refractivity contribution < 1.29 is 14.3 Å². The van der Waals surface area contributed by atoms with Crippen molar-refractivity contribution in [2.75, 3.05) is 18.5 Å². The molecule has 22 heavy (non-hydrogen) atoms. The summed E-state index contributed by atoms with van der Waals surface area (Å²) in [5.74, 6) is 1.00. The second kappa shape index (κ2) is 7.71. The van der Waals surface area contributed by atoms with Gasteiger partial charge in [0.15, 0.2) is 0 Å². The van der Waals surface area contributed by atoms with Crippen LogP contribution in [0, 0.1) is 0 Å². The van der Waals surface area contributed by atoms with Gasteiger partial charge in [0.05, 0.1) is 18.8 Å². The van der Waals surface area contributed by atoms with Crippen molar-refractivity contribution in [3.05, 3.63) is 53.1 Å². The second-order valence-electron chi connectivity index (χ2n) is 4.49. The minimum absolute atomic E-state index is 0.268. The Balaban J connectivity index is 2.16. The van der Waals surface area contributed by atoms with E-state index in [4.69, 9.17) is 21.1 Å².